The summed E-state index contributed by atoms with van der Waals surface area (Å²) in [5.41, 5.74) is -2.11. The van der Waals surface area contributed by atoms with E-state index in [9.17, 15) is 18.0 Å². The van der Waals surface area contributed by atoms with E-state index in [2.05, 4.69) is 14.9 Å². The van der Waals surface area contributed by atoms with Gasteiger partial charge in [-0.15, -0.1) is 10.2 Å². The Morgan fingerprint density at radius 2 is 2.00 bits per heavy atom. The van der Waals surface area contributed by atoms with Gasteiger partial charge in [-0.3, -0.25) is 0 Å². The maximum atomic E-state index is 12.5. The van der Waals surface area contributed by atoms with Crippen LogP contribution in [-0.4, -0.2) is 27.6 Å². The third-order valence-corrected chi connectivity index (χ3v) is 1.68. The third kappa shape index (κ3) is 2.50. The average Bonchev–Trinajstić information content (AvgIpc) is 2.61. The summed E-state index contributed by atoms with van der Waals surface area (Å²) in [5, 5.41) is 6.61. The fourth-order valence-electron chi connectivity index (χ4n) is 1.02. The van der Waals surface area contributed by atoms with Gasteiger partial charge in [-0.25, -0.2) is 4.79 Å². The van der Waals surface area contributed by atoms with Crippen molar-refractivity contribution in [1.82, 2.24) is 15.0 Å². The van der Waals surface area contributed by atoms with Gasteiger partial charge in [-0.1, -0.05) is 0 Å². The maximum Gasteiger partial charge on any atom is 0.437 e. The van der Waals surface area contributed by atoms with Crippen molar-refractivity contribution in [3.05, 3.63) is 11.4 Å². The highest BCUT2D eigenvalue weighted by atomic mass is 19.4. The molecule has 0 bridgehead atoms. The molecule has 0 aromatic carbocycles. The molecule has 0 amide bonds. The van der Waals surface area contributed by atoms with Crippen molar-refractivity contribution in [2.24, 2.45) is 0 Å². The lowest BCUT2D eigenvalue weighted by atomic mass is 10.3. The molecule has 0 saturated heterocycles. The minimum absolute atomic E-state index is 0.0187. The van der Waals surface area contributed by atoms with E-state index < -0.39 is 23.5 Å². The SMILES string of the molecule is CCOC(=O)c1nn(CC)nc1C(F)(F)F. The van der Waals surface area contributed by atoms with Crippen LogP contribution in [0.25, 0.3) is 0 Å². The number of hydrogen-bond donors (Lipinski definition) is 0. The van der Waals surface area contributed by atoms with Crippen LogP contribution in [0.15, 0.2) is 0 Å². The molecule has 0 radical (unpaired) electrons. The molecular formula is C8H10F3N3O2. The number of rotatable bonds is 3. The summed E-state index contributed by atoms with van der Waals surface area (Å²) in [6.07, 6.45) is -4.71. The van der Waals surface area contributed by atoms with Crippen molar-refractivity contribution < 1.29 is 22.7 Å². The van der Waals surface area contributed by atoms with Crippen molar-refractivity contribution in [2.75, 3.05) is 6.61 Å². The lowest BCUT2D eigenvalue weighted by Gasteiger charge is -2.03. The minimum atomic E-state index is -4.71. The van der Waals surface area contributed by atoms with Crippen LogP contribution in [0.4, 0.5) is 13.2 Å². The smallest absolute Gasteiger partial charge is 0.437 e. The Morgan fingerprint density at radius 1 is 1.38 bits per heavy atom. The van der Waals surface area contributed by atoms with E-state index in [1.54, 1.807) is 6.92 Å². The molecule has 90 valence electrons. The van der Waals surface area contributed by atoms with Gasteiger partial charge in [0.2, 0.25) is 11.4 Å². The van der Waals surface area contributed by atoms with Crippen molar-refractivity contribution in [3.8, 4) is 0 Å². The van der Waals surface area contributed by atoms with E-state index in [4.69, 9.17) is 0 Å². The van der Waals surface area contributed by atoms with Crippen LogP contribution in [0, 0.1) is 0 Å². The van der Waals surface area contributed by atoms with Crippen molar-refractivity contribution in [1.29, 1.82) is 0 Å². The van der Waals surface area contributed by atoms with E-state index in [0.29, 0.717) is 0 Å². The summed E-state index contributed by atoms with van der Waals surface area (Å²) in [6, 6.07) is 0. The Hall–Kier alpha value is -1.60. The molecule has 0 aliphatic rings. The van der Waals surface area contributed by atoms with Crippen LogP contribution in [0.3, 0.4) is 0 Å². The standard InChI is InChI=1S/C8H10F3N3O2/c1-3-14-12-5(7(15)16-4-2)6(13-14)8(9,10)11/h3-4H2,1-2H3. The van der Waals surface area contributed by atoms with Gasteiger partial charge in [-0.05, 0) is 13.8 Å². The third-order valence-electron chi connectivity index (χ3n) is 1.68. The van der Waals surface area contributed by atoms with Gasteiger partial charge in [0.05, 0.1) is 13.2 Å². The first kappa shape index (κ1) is 12.5. The summed E-state index contributed by atoms with van der Waals surface area (Å²) < 4.78 is 41.9. The summed E-state index contributed by atoms with van der Waals surface area (Å²) in [5.74, 6) is -1.12. The normalized spacial score (nSPS) is 11.6. The second-order valence-corrected chi connectivity index (χ2v) is 2.80. The molecule has 8 heteroatoms. The van der Waals surface area contributed by atoms with Crippen LogP contribution in [0.1, 0.15) is 30.0 Å². The Bertz CT molecular complexity index is 386. The van der Waals surface area contributed by atoms with Crippen molar-refractivity contribution in [2.45, 2.75) is 26.6 Å². The molecular weight excluding hydrogens is 227 g/mol. The highest BCUT2D eigenvalue weighted by Gasteiger charge is 2.40. The molecule has 1 aromatic heterocycles. The second kappa shape index (κ2) is 4.50. The first-order valence-corrected chi connectivity index (χ1v) is 4.59. The fourth-order valence-corrected chi connectivity index (χ4v) is 1.02. The van der Waals surface area contributed by atoms with Crippen molar-refractivity contribution in [3.63, 3.8) is 0 Å². The number of carbonyl (C=O) groups excluding carboxylic acids is 1. The van der Waals surface area contributed by atoms with Crippen molar-refractivity contribution >= 4 is 5.97 Å². The summed E-state index contributed by atoms with van der Waals surface area (Å²) >= 11 is 0. The van der Waals surface area contributed by atoms with Crippen LogP contribution < -0.4 is 0 Å². The van der Waals surface area contributed by atoms with Gasteiger partial charge in [0.25, 0.3) is 0 Å². The van der Waals surface area contributed by atoms with E-state index in [-0.39, 0.29) is 13.2 Å². The molecule has 0 spiro atoms. The largest absolute Gasteiger partial charge is 0.461 e. The Labute approximate surface area is 89.2 Å². The molecule has 1 rings (SSSR count). The molecule has 0 saturated carbocycles. The lowest BCUT2D eigenvalue weighted by Crippen LogP contribution is -2.15. The zero-order chi connectivity index (χ0) is 12.3. The predicted octanol–water partition coefficient (Wildman–Crippen LogP) is 1.49. The van der Waals surface area contributed by atoms with Gasteiger partial charge in [-0.2, -0.15) is 18.0 Å². The average molecular weight is 237 g/mol. The van der Waals surface area contributed by atoms with Crippen LogP contribution >= 0.6 is 0 Å². The molecule has 1 heterocycles. The number of alkyl halides is 3. The number of hydrogen-bond acceptors (Lipinski definition) is 4. The number of nitrogens with zero attached hydrogens (tertiary/aromatic N) is 3. The summed E-state index contributed by atoms with van der Waals surface area (Å²) in [6.45, 7) is 3.18. The molecule has 5 nitrogen and oxygen atoms in total. The molecule has 0 fully saturated rings. The molecule has 0 unspecified atom stereocenters. The van der Waals surface area contributed by atoms with Crippen LogP contribution in [0.2, 0.25) is 0 Å². The topological polar surface area (TPSA) is 57.0 Å². The first-order chi connectivity index (χ1) is 7.40. The van der Waals surface area contributed by atoms with Gasteiger partial charge in [0.15, 0.2) is 0 Å². The second-order valence-electron chi connectivity index (χ2n) is 2.80. The zero-order valence-corrected chi connectivity index (χ0v) is 8.71. The number of ether oxygens (including phenoxy) is 1. The minimum Gasteiger partial charge on any atom is -0.461 e. The van der Waals surface area contributed by atoms with E-state index >= 15 is 0 Å². The Kier molecular flexibility index (Phi) is 3.51. The van der Waals surface area contributed by atoms with Gasteiger partial charge >= 0.3 is 12.1 Å². The van der Waals surface area contributed by atoms with Gasteiger partial charge in [0, 0.05) is 0 Å². The molecule has 0 aliphatic heterocycles. The number of aryl methyl sites for hydroxylation is 1. The van der Waals surface area contributed by atoms with Crippen LogP contribution in [-0.2, 0) is 17.5 Å². The monoisotopic (exact) mass is 237 g/mol. The Morgan fingerprint density at radius 3 is 2.44 bits per heavy atom. The number of halogens is 3. The highest BCUT2D eigenvalue weighted by molar-refractivity contribution is 5.88. The molecule has 0 aliphatic carbocycles. The maximum absolute atomic E-state index is 12.5. The molecule has 16 heavy (non-hydrogen) atoms. The van der Waals surface area contributed by atoms with E-state index in [0.717, 1.165) is 4.80 Å². The molecule has 0 N–H and O–H groups in total. The fraction of sp³-hybridized carbons (Fsp3) is 0.625. The quantitative estimate of drug-likeness (QED) is 0.747. The first-order valence-electron chi connectivity index (χ1n) is 4.59. The van der Waals surface area contributed by atoms with Crippen LogP contribution in [0.5, 0.6) is 0 Å². The highest BCUT2D eigenvalue weighted by Crippen LogP contribution is 2.29. The number of aromatic nitrogens is 3. The van der Waals surface area contributed by atoms with E-state index in [1.165, 1.54) is 6.92 Å². The van der Waals surface area contributed by atoms with Gasteiger partial charge < -0.3 is 4.74 Å². The molecule has 0 atom stereocenters. The van der Waals surface area contributed by atoms with Gasteiger partial charge in [0.1, 0.15) is 0 Å². The van der Waals surface area contributed by atoms with E-state index in [1.807, 2.05) is 0 Å². The molecule has 1 aromatic rings. The number of carbonyl (C=O) groups is 1. The number of esters is 1. The lowest BCUT2D eigenvalue weighted by molar-refractivity contribution is -0.142. The predicted molar refractivity (Wildman–Crippen MR) is 46.7 cm³/mol. The zero-order valence-electron chi connectivity index (χ0n) is 8.71. The summed E-state index contributed by atoms with van der Waals surface area (Å²) in [4.78, 5) is 12.0. The Balaban J connectivity index is 3.15. The summed E-state index contributed by atoms with van der Waals surface area (Å²) in [7, 11) is 0.